The van der Waals surface area contributed by atoms with Crippen molar-refractivity contribution in [3.05, 3.63) is 0 Å². The Kier molecular flexibility index (Phi) is 72.2. The standard InChI is InChI=1S/Al.ClH.Mg.Sc.5H/h;1H;;;;;;;/q;;;+1;;;;;/p-1. The van der Waals surface area contributed by atoms with E-state index in [0.29, 0.717) is 0 Å². The van der Waals surface area contributed by atoms with E-state index >= 15 is 0 Å². The molecule has 0 unspecified atom stereocenters. The molecule has 0 bridgehead atoms. The third kappa shape index (κ3) is 8.82. The molecule has 0 nitrogen and oxygen atoms in total. The van der Waals surface area contributed by atoms with Crippen LogP contribution in [0.15, 0.2) is 0 Å². The summed E-state index contributed by atoms with van der Waals surface area (Å²) in [6, 6.07) is 0. The fourth-order valence-corrected chi connectivity index (χ4v) is 0. The van der Waals surface area contributed by atoms with Crippen LogP contribution in [-0.2, 0) is 23.2 Å². The Labute approximate surface area is 71.1 Å². The molecule has 0 atom stereocenters. The molecule has 0 saturated carbocycles. The molecule has 0 spiro atoms. The van der Waals surface area contributed by atoms with Crippen molar-refractivity contribution >= 4 is 49.0 Å². The van der Waals surface area contributed by atoms with E-state index in [2.05, 4.69) is 0 Å². The van der Waals surface area contributed by atoms with Crippen molar-refractivity contribution in [2.45, 2.75) is 0 Å². The monoisotopic (exact) mass is 136 g/mol. The molecule has 0 fully saturated rings. The van der Waals surface area contributed by atoms with Crippen LogP contribution in [0.1, 0.15) is 0 Å². The van der Waals surface area contributed by atoms with Crippen molar-refractivity contribution in [3.8, 4) is 0 Å². The molecule has 0 heterocycles. The topological polar surface area (TPSA) is 0 Å². The van der Waals surface area contributed by atoms with Crippen molar-refractivity contribution in [1.82, 2.24) is 0 Å². The molecule has 0 aliphatic heterocycles. The summed E-state index contributed by atoms with van der Waals surface area (Å²) >= 11 is 1.16. The summed E-state index contributed by atoms with van der Waals surface area (Å²) in [7, 11) is 4.70. The summed E-state index contributed by atoms with van der Waals surface area (Å²) in [5, 5.41) is 0. The Hall–Kier alpha value is 2.46. The van der Waals surface area contributed by atoms with Crippen LogP contribution in [0, 0.1) is 0 Å². The second-order valence-electron chi connectivity index (χ2n) is 0. The van der Waals surface area contributed by atoms with Gasteiger partial charge in [-0.2, -0.15) is 0 Å². The van der Waals surface area contributed by atoms with Crippen LogP contribution in [0.25, 0.3) is 0 Å². The van der Waals surface area contributed by atoms with Gasteiger partial charge in [0, 0.05) is 0 Å². The molecule has 0 aromatic rings. The van der Waals surface area contributed by atoms with Gasteiger partial charge in [-0.15, -0.1) is 0 Å². The Balaban J connectivity index is -0.00000000500. The van der Waals surface area contributed by atoms with Crippen LogP contribution in [0.3, 0.4) is 0 Å². The Morgan fingerprint density at radius 2 is 1.25 bits per heavy atom. The van der Waals surface area contributed by atoms with Gasteiger partial charge >= 0.3 is 54.8 Å². The van der Waals surface area contributed by atoms with Gasteiger partial charge in [0.1, 0.15) is 0 Å². The smallest absolute Gasteiger partial charge is 0.316 e. The van der Waals surface area contributed by atoms with Gasteiger partial charge in [-0.1, -0.05) is 0 Å². The van der Waals surface area contributed by atoms with E-state index in [-0.39, 0.29) is 40.4 Å². The maximum absolute atomic E-state index is 4.70. The quantitative estimate of drug-likeness (QED) is 0.359. The minimum atomic E-state index is 0. The van der Waals surface area contributed by atoms with Gasteiger partial charge in [0.25, 0.3) is 0 Å². The SMILES string of the molecule is [AlH3].[Cl][Sc].[MgH2]. The van der Waals surface area contributed by atoms with E-state index in [1.807, 2.05) is 0 Å². The largest absolute Gasteiger partial charge is 0.316 e. The van der Waals surface area contributed by atoms with E-state index in [9.17, 15) is 0 Å². The van der Waals surface area contributed by atoms with Gasteiger partial charge < -0.3 is 0 Å². The summed E-state index contributed by atoms with van der Waals surface area (Å²) < 4.78 is 0. The van der Waals surface area contributed by atoms with E-state index in [0.717, 1.165) is 23.2 Å². The first kappa shape index (κ1) is 16.1. The fraction of sp³-hybridized carbons (Fsp3) is 0. The van der Waals surface area contributed by atoms with E-state index in [4.69, 9.17) is 8.58 Å². The third-order valence-electron chi connectivity index (χ3n) is 0. The first-order valence-corrected chi connectivity index (χ1v) is 2.70. The van der Waals surface area contributed by atoms with Gasteiger partial charge in [-0.05, 0) is 0 Å². The molecule has 20 valence electrons. The number of hydrogen-bond acceptors (Lipinski definition) is 0. The summed E-state index contributed by atoms with van der Waals surface area (Å²) in [4.78, 5) is 0. The molecule has 0 N–H and O–H groups in total. The molecule has 0 aromatic carbocycles. The normalized spacial score (nSPS) is 1.00. The predicted molar refractivity (Wildman–Crippen MR) is 24.3 cm³/mol. The van der Waals surface area contributed by atoms with Gasteiger partial charge in [0.15, 0.2) is 17.4 Å². The van der Waals surface area contributed by atoms with Crippen molar-refractivity contribution in [3.63, 3.8) is 0 Å². The minimum Gasteiger partial charge on any atom is 0.316 e. The minimum absolute atomic E-state index is 0. The average molecular weight is 137 g/mol. The maximum atomic E-state index is 4.70. The summed E-state index contributed by atoms with van der Waals surface area (Å²) in [6.45, 7) is 0. The van der Waals surface area contributed by atoms with Gasteiger partial charge in [-0.3, -0.25) is 0 Å². The zero-order chi connectivity index (χ0) is 2.00. The molecule has 0 aromatic heterocycles. The van der Waals surface area contributed by atoms with Crippen molar-refractivity contribution in [2.75, 3.05) is 0 Å². The molecule has 0 aliphatic carbocycles. The molecule has 0 saturated heterocycles. The zero-order valence-corrected chi connectivity index (χ0v) is 3.51. The van der Waals surface area contributed by atoms with E-state index in [1.54, 1.807) is 0 Å². The average Bonchev–Trinajstić information content (AvgIpc) is 1.00. The van der Waals surface area contributed by atoms with Gasteiger partial charge in [0.05, 0.1) is 0 Å². The summed E-state index contributed by atoms with van der Waals surface area (Å²) in [5.41, 5.74) is 0. The number of halogens is 1. The van der Waals surface area contributed by atoms with Crippen molar-refractivity contribution < 1.29 is 23.2 Å². The zero-order valence-electron chi connectivity index (χ0n) is 0.955. The van der Waals surface area contributed by atoms with Gasteiger partial charge in [0.2, 0.25) is 0 Å². The third-order valence-corrected chi connectivity index (χ3v) is 0. The molecular formula is H5AlClMgSc. The first-order valence-electron chi connectivity index (χ1n) is 0.218. The fourth-order valence-electron chi connectivity index (χ4n) is 0. The van der Waals surface area contributed by atoms with Crippen LogP contribution in [0.4, 0.5) is 0 Å². The van der Waals surface area contributed by atoms with Crippen LogP contribution in [0.2, 0.25) is 0 Å². The Morgan fingerprint density at radius 1 is 1.25 bits per heavy atom. The van der Waals surface area contributed by atoms with Crippen molar-refractivity contribution in [1.29, 1.82) is 0 Å². The second kappa shape index (κ2) is 18.0. The molecule has 0 aliphatic rings. The van der Waals surface area contributed by atoms with Crippen LogP contribution in [0.5, 0.6) is 0 Å². The van der Waals surface area contributed by atoms with E-state index < -0.39 is 0 Å². The second-order valence-corrected chi connectivity index (χ2v) is 0. The number of rotatable bonds is 0. The van der Waals surface area contributed by atoms with Crippen LogP contribution < -0.4 is 0 Å². The first-order chi connectivity index (χ1) is 1.00. The van der Waals surface area contributed by atoms with E-state index in [1.165, 1.54) is 0 Å². The van der Waals surface area contributed by atoms with Gasteiger partial charge in [-0.25, -0.2) is 0 Å². The number of hydrogen-bond donors (Lipinski definition) is 0. The Bertz CT molecular complexity index is 8.00. The molecule has 4 heavy (non-hydrogen) atoms. The molecule has 4 heteroatoms. The summed E-state index contributed by atoms with van der Waals surface area (Å²) in [6.07, 6.45) is 0. The Morgan fingerprint density at radius 3 is 1.25 bits per heavy atom. The van der Waals surface area contributed by atoms with Crippen molar-refractivity contribution in [2.24, 2.45) is 0 Å². The molecule has 0 rings (SSSR count). The molecule has 0 amide bonds. The molecular weight excluding hydrogens is 132 g/mol. The predicted octanol–water partition coefficient (Wildman–Crippen LogP) is -1.41. The summed E-state index contributed by atoms with van der Waals surface area (Å²) in [5.74, 6) is 0. The maximum Gasteiger partial charge on any atom is 0.316 e. The molecule has 0 radical (unpaired) electrons. The van der Waals surface area contributed by atoms with Crippen LogP contribution in [-0.4, -0.2) is 40.4 Å². The van der Waals surface area contributed by atoms with Crippen LogP contribution >= 0.6 is 8.58 Å².